The van der Waals surface area contributed by atoms with Crippen LogP contribution >= 0.6 is 11.6 Å². The summed E-state index contributed by atoms with van der Waals surface area (Å²) in [5.74, 6) is -5.25. The van der Waals surface area contributed by atoms with Gasteiger partial charge in [0.1, 0.15) is 6.07 Å². The van der Waals surface area contributed by atoms with Gasteiger partial charge in [-0.1, -0.05) is 11.6 Å². The molecule has 2 atom stereocenters. The largest absolute Gasteiger partial charge is 0.238 e. The maximum Gasteiger partial charge on any atom is 0.238 e. The van der Waals surface area contributed by atoms with Crippen LogP contribution in [0.1, 0.15) is 0 Å². The topological polar surface area (TPSA) is 47.6 Å². The Bertz CT molecular complexity index is 415. The lowest BCUT2D eigenvalue weighted by atomic mass is 9.86. The minimum atomic E-state index is -2.91. The van der Waals surface area contributed by atoms with Crippen molar-refractivity contribution in [1.29, 1.82) is 10.5 Å². The first kappa shape index (κ1) is 10.6. The molecule has 2 unspecified atom stereocenters. The molecular formula is C8H2ClF3N2. The van der Waals surface area contributed by atoms with Crippen LogP contribution in [0.2, 0.25) is 0 Å². The first-order chi connectivity index (χ1) is 6.46. The highest BCUT2D eigenvalue weighted by atomic mass is 35.5. The molecule has 0 aliphatic heterocycles. The summed E-state index contributed by atoms with van der Waals surface area (Å²) in [6, 6.07) is 2.24. The normalized spacial score (nSPS) is 31.9. The average molecular weight is 219 g/mol. The van der Waals surface area contributed by atoms with E-state index in [1.165, 1.54) is 6.07 Å². The van der Waals surface area contributed by atoms with E-state index in [4.69, 9.17) is 22.1 Å². The Morgan fingerprint density at radius 3 is 2.43 bits per heavy atom. The highest BCUT2D eigenvalue weighted by Crippen LogP contribution is 2.41. The maximum atomic E-state index is 13.5. The van der Waals surface area contributed by atoms with Gasteiger partial charge in [0, 0.05) is 0 Å². The van der Waals surface area contributed by atoms with Crippen molar-refractivity contribution in [2.75, 3.05) is 0 Å². The van der Waals surface area contributed by atoms with Gasteiger partial charge < -0.3 is 0 Å². The minimum absolute atomic E-state index is 0.390. The van der Waals surface area contributed by atoms with Crippen molar-refractivity contribution in [1.82, 2.24) is 0 Å². The Morgan fingerprint density at radius 2 is 2.00 bits per heavy atom. The summed E-state index contributed by atoms with van der Waals surface area (Å²) in [5, 5.41) is 15.9. The fourth-order valence-electron chi connectivity index (χ4n) is 1.00. The number of nitriles is 2. The number of nitrogens with zero attached hydrogens (tertiary/aromatic N) is 2. The molecule has 0 heterocycles. The molecule has 0 amide bonds. The van der Waals surface area contributed by atoms with E-state index in [0.29, 0.717) is 6.08 Å². The smallest absolute Gasteiger partial charge is 0.221 e. The van der Waals surface area contributed by atoms with E-state index in [1.807, 2.05) is 0 Å². The molecule has 2 nitrogen and oxygen atoms in total. The number of halogens is 4. The van der Waals surface area contributed by atoms with E-state index in [-0.39, 0.29) is 0 Å². The van der Waals surface area contributed by atoms with Gasteiger partial charge >= 0.3 is 0 Å². The highest BCUT2D eigenvalue weighted by molar-refractivity contribution is 6.32. The van der Waals surface area contributed by atoms with E-state index in [1.54, 1.807) is 0 Å². The van der Waals surface area contributed by atoms with Crippen LogP contribution in [0.4, 0.5) is 13.2 Å². The Morgan fingerprint density at radius 1 is 1.43 bits per heavy atom. The third-order valence-corrected chi connectivity index (χ3v) is 2.01. The second-order valence-corrected chi connectivity index (χ2v) is 3.00. The zero-order chi connectivity index (χ0) is 10.9. The molecule has 0 radical (unpaired) electrons. The van der Waals surface area contributed by atoms with Crippen LogP contribution in [0, 0.1) is 28.6 Å². The molecule has 0 saturated carbocycles. The van der Waals surface area contributed by atoms with Crippen molar-refractivity contribution < 1.29 is 13.2 Å². The Kier molecular flexibility index (Phi) is 2.55. The van der Waals surface area contributed by atoms with Crippen LogP contribution in [-0.4, -0.2) is 5.67 Å². The number of rotatable bonds is 0. The summed E-state index contributed by atoms with van der Waals surface area (Å²) in [7, 11) is 0. The van der Waals surface area contributed by atoms with Crippen LogP contribution in [0.3, 0.4) is 0 Å². The summed E-state index contributed by atoms with van der Waals surface area (Å²) in [6.45, 7) is 0. The first-order valence-corrected chi connectivity index (χ1v) is 3.77. The van der Waals surface area contributed by atoms with Crippen molar-refractivity contribution in [2.45, 2.75) is 5.67 Å². The molecule has 0 N–H and O–H groups in total. The van der Waals surface area contributed by atoms with Gasteiger partial charge in [-0.25, -0.2) is 13.2 Å². The minimum Gasteiger partial charge on any atom is -0.221 e. The molecule has 1 aliphatic carbocycles. The van der Waals surface area contributed by atoms with Gasteiger partial charge in [0.05, 0.1) is 11.1 Å². The zero-order valence-corrected chi connectivity index (χ0v) is 7.32. The standard InChI is InChI=1S/C8H2ClF3N2/c9-5-1-8(12,3-14)4(2-13)6(10)7(5)11/h1,4H. The van der Waals surface area contributed by atoms with Gasteiger partial charge in [0.2, 0.25) is 5.67 Å². The molecule has 72 valence electrons. The molecule has 0 spiro atoms. The van der Waals surface area contributed by atoms with Crippen LogP contribution < -0.4 is 0 Å². The molecule has 0 bridgehead atoms. The first-order valence-electron chi connectivity index (χ1n) is 3.40. The van der Waals surface area contributed by atoms with Crippen molar-refractivity contribution in [3.8, 4) is 12.1 Å². The quantitative estimate of drug-likeness (QED) is 0.628. The lowest BCUT2D eigenvalue weighted by molar-refractivity contribution is 0.231. The van der Waals surface area contributed by atoms with Crippen LogP contribution in [0.5, 0.6) is 0 Å². The Labute approximate surface area is 82.5 Å². The van der Waals surface area contributed by atoms with Crippen LogP contribution in [0.15, 0.2) is 22.8 Å². The van der Waals surface area contributed by atoms with Gasteiger partial charge in [-0.3, -0.25) is 0 Å². The fraction of sp³-hybridized carbons (Fsp3) is 0.250. The van der Waals surface area contributed by atoms with Crippen molar-refractivity contribution >= 4 is 11.6 Å². The van der Waals surface area contributed by atoms with E-state index in [0.717, 1.165) is 6.07 Å². The molecule has 14 heavy (non-hydrogen) atoms. The molecule has 0 saturated heterocycles. The number of hydrogen-bond acceptors (Lipinski definition) is 2. The number of alkyl halides is 1. The molecule has 1 rings (SSSR count). The summed E-state index contributed by atoms with van der Waals surface area (Å²) in [6.07, 6.45) is 0.390. The Hall–Kier alpha value is -1.46. The second-order valence-electron chi connectivity index (χ2n) is 2.60. The number of allylic oxidation sites excluding steroid dienone is 4. The molecule has 6 heteroatoms. The SMILES string of the molecule is N#CC1C(F)=C(F)C(Cl)=CC1(F)C#N. The van der Waals surface area contributed by atoms with Gasteiger partial charge in [-0.05, 0) is 6.08 Å². The van der Waals surface area contributed by atoms with E-state index in [9.17, 15) is 13.2 Å². The van der Waals surface area contributed by atoms with Gasteiger partial charge in [0.15, 0.2) is 17.6 Å². The summed E-state index contributed by atoms with van der Waals surface area (Å²) >= 11 is 5.14. The summed E-state index contributed by atoms with van der Waals surface area (Å²) in [5.41, 5.74) is -2.91. The predicted molar refractivity (Wildman–Crippen MR) is 41.7 cm³/mol. The fourth-order valence-corrected chi connectivity index (χ4v) is 1.25. The molecule has 0 aromatic carbocycles. The van der Waals surface area contributed by atoms with Gasteiger partial charge in [-0.2, -0.15) is 10.5 Å². The molecular weight excluding hydrogens is 217 g/mol. The zero-order valence-electron chi connectivity index (χ0n) is 6.56. The van der Waals surface area contributed by atoms with Crippen LogP contribution in [0.25, 0.3) is 0 Å². The highest BCUT2D eigenvalue weighted by Gasteiger charge is 2.46. The predicted octanol–water partition coefficient (Wildman–Crippen LogP) is 2.64. The number of hydrogen-bond donors (Lipinski definition) is 0. The third-order valence-electron chi connectivity index (χ3n) is 1.73. The second kappa shape index (κ2) is 3.36. The lowest BCUT2D eigenvalue weighted by Crippen LogP contribution is -2.32. The van der Waals surface area contributed by atoms with Crippen molar-refractivity contribution in [3.05, 3.63) is 22.8 Å². The van der Waals surface area contributed by atoms with Crippen LogP contribution in [-0.2, 0) is 0 Å². The van der Waals surface area contributed by atoms with E-state index >= 15 is 0 Å². The van der Waals surface area contributed by atoms with E-state index < -0.39 is 28.3 Å². The molecule has 1 aliphatic rings. The van der Waals surface area contributed by atoms with Gasteiger partial charge in [-0.15, -0.1) is 0 Å². The maximum absolute atomic E-state index is 13.5. The average Bonchev–Trinajstić information content (AvgIpc) is 2.15. The van der Waals surface area contributed by atoms with E-state index in [2.05, 4.69) is 0 Å². The summed E-state index contributed by atoms with van der Waals surface area (Å²) < 4.78 is 39.2. The Balaban J connectivity index is 3.35. The summed E-state index contributed by atoms with van der Waals surface area (Å²) in [4.78, 5) is 0. The molecule has 0 aromatic rings. The lowest BCUT2D eigenvalue weighted by Gasteiger charge is -2.22. The third kappa shape index (κ3) is 1.36. The van der Waals surface area contributed by atoms with Crippen molar-refractivity contribution in [3.63, 3.8) is 0 Å². The molecule has 0 fully saturated rings. The molecule has 0 aromatic heterocycles. The monoisotopic (exact) mass is 218 g/mol. The van der Waals surface area contributed by atoms with Crippen molar-refractivity contribution in [2.24, 2.45) is 5.92 Å². The van der Waals surface area contributed by atoms with Gasteiger partial charge in [0.25, 0.3) is 0 Å².